The molecule has 0 fully saturated rings. The van der Waals surface area contributed by atoms with Crippen LogP contribution in [-0.2, 0) is 9.59 Å². The van der Waals surface area contributed by atoms with Gasteiger partial charge in [-0.25, -0.2) is 0 Å². The first-order valence-corrected chi connectivity index (χ1v) is 6.24. The van der Waals surface area contributed by atoms with Gasteiger partial charge < -0.3 is 0 Å². The van der Waals surface area contributed by atoms with Crippen molar-refractivity contribution in [3.8, 4) is 0 Å². The van der Waals surface area contributed by atoms with Crippen molar-refractivity contribution >= 4 is 11.6 Å². The third kappa shape index (κ3) is 9.64. The van der Waals surface area contributed by atoms with E-state index < -0.39 is 0 Å². The van der Waals surface area contributed by atoms with Crippen molar-refractivity contribution in [3.05, 3.63) is 0 Å². The minimum absolute atomic E-state index is 0.130. The van der Waals surface area contributed by atoms with Crippen LogP contribution in [0.3, 0.4) is 0 Å². The summed E-state index contributed by atoms with van der Waals surface area (Å²) in [6, 6.07) is 0. The molecule has 0 radical (unpaired) electrons. The molecular formula is C13H24O2. The van der Waals surface area contributed by atoms with E-state index in [-0.39, 0.29) is 18.0 Å². The molecular weight excluding hydrogens is 188 g/mol. The van der Waals surface area contributed by atoms with Gasteiger partial charge in [0.25, 0.3) is 0 Å². The lowest BCUT2D eigenvalue weighted by molar-refractivity contribution is -0.127. The highest BCUT2D eigenvalue weighted by Crippen LogP contribution is 2.06. The number of hydrogen-bond acceptors (Lipinski definition) is 2. The lowest BCUT2D eigenvalue weighted by Gasteiger charge is -2.00. The smallest absolute Gasteiger partial charge is 0.140 e. The average molecular weight is 212 g/mol. The Labute approximate surface area is 93.4 Å². The van der Waals surface area contributed by atoms with E-state index in [1.54, 1.807) is 0 Å². The lowest BCUT2D eigenvalue weighted by atomic mass is 10.0. The zero-order valence-electron chi connectivity index (χ0n) is 10.2. The van der Waals surface area contributed by atoms with E-state index >= 15 is 0 Å². The van der Waals surface area contributed by atoms with Crippen molar-refractivity contribution in [3.63, 3.8) is 0 Å². The molecule has 0 aromatic heterocycles. The molecule has 0 saturated heterocycles. The molecule has 0 amide bonds. The molecule has 15 heavy (non-hydrogen) atoms. The SMILES string of the molecule is CCCCCC(=O)CC(=O)CCCCC. The van der Waals surface area contributed by atoms with Gasteiger partial charge in [-0.3, -0.25) is 9.59 Å². The number of carbonyl (C=O) groups is 2. The second-order valence-corrected chi connectivity index (χ2v) is 4.17. The molecule has 0 N–H and O–H groups in total. The van der Waals surface area contributed by atoms with Gasteiger partial charge in [-0.05, 0) is 12.8 Å². The summed E-state index contributed by atoms with van der Waals surface area (Å²) in [5, 5.41) is 0. The Morgan fingerprint density at radius 1 is 0.733 bits per heavy atom. The Morgan fingerprint density at radius 2 is 1.13 bits per heavy atom. The minimum atomic E-state index is 0.130. The van der Waals surface area contributed by atoms with Gasteiger partial charge in [-0.2, -0.15) is 0 Å². The Kier molecular flexibility index (Phi) is 9.44. The summed E-state index contributed by atoms with van der Waals surface area (Å²) in [7, 11) is 0. The molecule has 2 nitrogen and oxygen atoms in total. The minimum Gasteiger partial charge on any atom is -0.299 e. The lowest BCUT2D eigenvalue weighted by Crippen LogP contribution is -2.07. The predicted octanol–water partition coefficient (Wildman–Crippen LogP) is 3.68. The maximum absolute atomic E-state index is 11.3. The summed E-state index contributed by atoms with van der Waals surface area (Å²) in [6.45, 7) is 4.22. The molecule has 0 aromatic carbocycles. The maximum atomic E-state index is 11.3. The number of carbonyl (C=O) groups excluding carboxylic acids is 2. The van der Waals surface area contributed by atoms with E-state index in [0.717, 1.165) is 38.5 Å². The molecule has 0 unspecified atom stereocenters. The number of rotatable bonds is 10. The Balaban J connectivity index is 3.45. The largest absolute Gasteiger partial charge is 0.299 e. The zero-order valence-corrected chi connectivity index (χ0v) is 10.2. The Bertz CT molecular complexity index is 165. The van der Waals surface area contributed by atoms with E-state index in [1.165, 1.54) is 0 Å². The van der Waals surface area contributed by atoms with Crippen molar-refractivity contribution in [2.24, 2.45) is 0 Å². The van der Waals surface area contributed by atoms with E-state index in [2.05, 4.69) is 13.8 Å². The predicted molar refractivity (Wildman–Crippen MR) is 62.9 cm³/mol. The first kappa shape index (κ1) is 14.3. The topological polar surface area (TPSA) is 34.1 Å². The van der Waals surface area contributed by atoms with Gasteiger partial charge in [-0.1, -0.05) is 39.5 Å². The molecule has 0 aliphatic heterocycles. The highest BCUT2D eigenvalue weighted by molar-refractivity contribution is 5.98. The van der Waals surface area contributed by atoms with Gasteiger partial charge in [0.1, 0.15) is 11.6 Å². The fourth-order valence-electron chi connectivity index (χ4n) is 1.54. The monoisotopic (exact) mass is 212 g/mol. The van der Waals surface area contributed by atoms with Crippen LogP contribution in [0, 0.1) is 0 Å². The molecule has 0 heterocycles. The van der Waals surface area contributed by atoms with Crippen molar-refractivity contribution < 1.29 is 9.59 Å². The zero-order chi connectivity index (χ0) is 11.5. The summed E-state index contributed by atoms with van der Waals surface area (Å²) >= 11 is 0. The fraction of sp³-hybridized carbons (Fsp3) is 0.846. The van der Waals surface area contributed by atoms with Gasteiger partial charge in [0, 0.05) is 12.8 Å². The highest BCUT2D eigenvalue weighted by Gasteiger charge is 2.08. The number of hydrogen-bond donors (Lipinski definition) is 0. The first-order chi connectivity index (χ1) is 7.20. The summed E-state index contributed by atoms with van der Waals surface area (Å²) in [4.78, 5) is 22.7. The van der Waals surface area contributed by atoms with Gasteiger partial charge in [0.05, 0.1) is 6.42 Å². The Morgan fingerprint density at radius 3 is 1.47 bits per heavy atom. The van der Waals surface area contributed by atoms with Gasteiger partial charge in [-0.15, -0.1) is 0 Å². The molecule has 0 spiro atoms. The first-order valence-electron chi connectivity index (χ1n) is 6.24. The molecule has 0 aromatic rings. The molecule has 0 bridgehead atoms. The summed E-state index contributed by atoms with van der Waals surface area (Å²) < 4.78 is 0. The quantitative estimate of drug-likeness (QED) is 0.409. The molecule has 2 heteroatoms. The van der Waals surface area contributed by atoms with Crippen LogP contribution in [0.4, 0.5) is 0 Å². The van der Waals surface area contributed by atoms with E-state index in [9.17, 15) is 9.59 Å². The third-order valence-electron chi connectivity index (χ3n) is 2.51. The van der Waals surface area contributed by atoms with Crippen molar-refractivity contribution in [2.75, 3.05) is 0 Å². The van der Waals surface area contributed by atoms with Crippen molar-refractivity contribution in [1.82, 2.24) is 0 Å². The molecule has 0 aliphatic carbocycles. The summed E-state index contributed by atoms with van der Waals surface area (Å²) in [5.41, 5.74) is 0. The standard InChI is InChI=1S/C13H24O2/c1-3-5-7-9-12(14)11-13(15)10-8-6-4-2/h3-11H2,1-2H3. The maximum Gasteiger partial charge on any atom is 0.140 e. The average Bonchev–Trinajstić information content (AvgIpc) is 2.18. The van der Waals surface area contributed by atoms with Crippen LogP contribution in [0.25, 0.3) is 0 Å². The van der Waals surface area contributed by atoms with Gasteiger partial charge in [0.2, 0.25) is 0 Å². The third-order valence-corrected chi connectivity index (χ3v) is 2.51. The normalized spacial score (nSPS) is 10.3. The second kappa shape index (κ2) is 9.88. The molecule has 0 rings (SSSR count). The van der Waals surface area contributed by atoms with E-state index in [1.807, 2.05) is 0 Å². The molecule has 0 saturated carbocycles. The van der Waals surface area contributed by atoms with Crippen LogP contribution in [-0.4, -0.2) is 11.6 Å². The number of unbranched alkanes of at least 4 members (excludes halogenated alkanes) is 4. The van der Waals surface area contributed by atoms with Gasteiger partial charge in [0.15, 0.2) is 0 Å². The van der Waals surface area contributed by atoms with E-state index in [0.29, 0.717) is 12.8 Å². The molecule has 0 atom stereocenters. The van der Waals surface area contributed by atoms with Crippen LogP contribution in [0.5, 0.6) is 0 Å². The molecule has 0 aliphatic rings. The summed E-state index contributed by atoms with van der Waals surface area (Å²) in [6.07, 6.45) is 7.67. The Hall–Kier alpha value is -0.660. The highest BCUT2D eigenvalue weighted by atomic mass is 16.1. The van der Waals surface area contributed by atoms with Crippen LogP contribution < -0.4 is 0 Å². The van der Waals surface area contributed by atoms with Gasteiger partial charge >= 0.3 is 0 Å². The van der Waals surface area contributed by atoms with Crippen LogP contribution in [0.1, 0.15) is 71.6 Å². The van der Waals surface area contributed by atoms with Crippen LogP contribution in [0.15, 0.2) is 0 Å². The number of ketones is 2. The fourth-order valence-corrected chi connectivity index (χ4v) is 1.54. The van der Waals surface area contributed by atoms with Crippen molar-refractivity contribution in [1.29, 1.82) is 0 Å². The number of Topliss-reactive ketones (excluding diaryl/α,β-unsaturated/α-hetero) is 2. The summed E-state index contributed by atoms with van der Waals surface area (Å²) in [5.74, 6) is 0.259. The van der Waals surface area contributed by atoms with E-state index in [4.69, 9.17) is 0 Å². The second-order valence-electron chi connectivity index (χ2n) is 4.17. The molecule has 88 valence electrons. The van der Waals surface area contributed by atoms with Crippen LogP contribution in [0.2, 0.25) is 0 Å². The van der Waals surface area contributed by atoms with Crippen LogP contribution >= 0.6 is 0 Å². The van der Waals surface area contributed by atoms with Crippen molar-refractivity contribution in [2.45, 2.75) is 71.6 Å².